The average Bonchev–Trinajstić information content (AvgIpc) is 2.52. The van der Waals surface area contributed by atoms with Crippen LogP contribution in [0, 0.1) is 5.82 Å². The highest BCUT2D eigenvalue weighted by Crippen LogP contribution is 2.24. The molecule has 3 aromatic rings. The quantitative estimate of drug-likeness (QED) is 0.728. The maximum absolute atomic E-state index is 13.6. The summed E-state index contributed by atoms with van der Waals surface area (Å²) in [5.74, 6) is 0.332. The summed E-state index contributed by atoms with van der Waals surface area (Å²) in [6.07, 6.45) is 1.49. The smallest absolute Gasteiger partial charge is 0.249 e. The van der Waals surface area contributed by atoms with Crippen LogP contribution in [0.4, 0.5) is 27.5 Å². The van der Waals surface area contributed by atoms with Gasteiger partial charge >= 0.3 is 0 Å². The van der Waals surface area contributed by atoms with Crippen molar-refractivity contribution in [1.29, 1.82) is 0 Å². The Bertz CT molecular complexity index is 733. The van der Waals surface area contributed by atoms with Gasteiger partial charge in [-0.15, -0.1) is 5.10 Å². The molecule has 5 nitrogen and oxygen atoms in total. The van der Waals surface area contributed by atoms with Gasteiger partial charge in [-0.05, 0) is 40.2 Å². The van der Waals surface area contributed by atoms with E-state index in [-0.39, 0.29) is 11.8 Å². The Morgan fingerprint density at radius 3 is 2.41 bits per heavy atom. The van der Waals surface area contributed by atoms with E-state index in [0.717, 1.165) is 10.2 Å². The van der Waals surface area contributed by atoms with Crippen molar-refractivity contribution in [2.45, 2.75) is 0 Å². The summed E-state index contributed by atoms with van der Waals surface area (Å²) in [5, 5.41) is 13.6. The van der Waals surface area contributed by atoms with Crippen LogP contribution in [0.3, 0.4) is 0 Å². The molecule has 0 fully saturated rings. The lowest BCUT2D eigenvalue weighted by atomic mass is 10.3. The number of anilines is 4. The molecule has 0 unspecified atom stereocenters. The van der Waals surface area contributed by atoms with Gasteiger partial charge in [-0.3, -0.25) is 0 Å². The minimum atomic E-state index is -0.379. The van der Waals surface area contributed by atoms with Crippen LogP contribution < -0.4 is 10.6 Å². The molecule has 22 heavy (non-hydrogen) atoms. The van der Waals surface area contributed by atoms with Gasteiger partial charge in [-0.25, -0.2) is 4.39 Å². The molecule has 0 aliphatic rings. The fraction of sp³-hybridized carbons (Fsp3) is 0. The number of benzene rings is 2. The Hall–Kier alpha value is -2.54. The number of nitrogens with one attached hydrogen (secondary N) is 2. The number of aromatic nitrogens is 3. The standard InChI is InChI=1S/C15H11BrFN5/c16-10-5-1-3-7-12(10)19-14-9-18-22-15(21-14)20-13-8-4-2-6-11(13)17/h1-9H,(H2,19,20,21,22). The molecule has 0 amide bonds. The summed E-state index contributed by atoms with van der Waals surface area (Å²) < 4.78 is 14.5. The minimum Gasteiger partial charge on any atom is -0.338 e. The van der Waals surface area contributed by atoms with E-state index >= 15 is 0 Å². The van der Waals surface area contributed by atoms with Crippen LogP contribution in [0.1, 0.15) is 0 Å². The second-order valence-electron chi connectivity index (χ2n) is 4.37. The van der Waals surface area contributed by atoms with Crippen LogP contribution in [-0.4, -0.2) is 15.2 Å². The van der Waals surface area contributed by atoms with E-state index in [0.29, 0.717) is 11.5 Å². The number of nitrogens with zero attached hydrogens (tertiary/aromatic N) is 3. The Morgan fingerprint density at radius 2 is 1.64 bits per heavy atom. The van der Waals surface area contributed by atoms with Gasteiger partial charge in [0.2, 0.25) is 5.95 Å². The number of hydrogen-bond acceptors (Lipinski definition) is 5. The monoisotopic (exact) mass is 359 g/mol. The van der Waals surface area contributed by atoms with Crippen molar-refractivity contribution in [1.82, 2.24) is 15.2 Å². The molecule has 7 heteroatoms. The second kappa shape index (κ2) is 6.48. The van der Waals surface area contributed by atoms with Gasteiger partial charge in [0.25, 0.3) is 0 Å². The normalized spacial score (nSPS) is 10.3. The van der Waals surface area contributed by atoms with Gasteiger partial charge in [-0.2, -0.15) is 10.1 Å². The van der Waals surface area contributed by atoms with Crippen molar-refractivity contribution < 1.29 is 4.39 Å². The summed E-state index contributed by atoms with van der Waals surface area (Å²) in [6, 6.07) is 13.9. The maximum Gasteiger partial charge on any atom is 0.249 e. The second-order valence-corrected chi connectivity index (χ2v) is 5.23. The molecule has 0 spiro atoms. The molecule has 0 bridgehead atoms. The first-order valence-corrected chi connectivity index (χ1v) is 7.24. The highest BCUT2D eigenvalue weighted by Gasteiger charge is 2.06. The molecule has 2 aromatic carbocycles. The summed E-state index contributed by atoms with van der Waals surface area (Å²) in [4.78, 5) is 4.26. The van der Waals surface area contributed by atoms with Crippen LogP contribution in [0.2, 0.25) is 0 Å². The van der Waals surface area contributed by atoms with Crippen LogP contribution in [0.15, 0.2) is 59.2 Å². The number of para-hydroxylation sites is 2. The predicted octanol–water partition coefficient (Wildman–Crippen LogP) is 4.26. The van der Waals surface area contributed by atoms with Crippen molar-refractivity contribution >= 4 is 39.1 Å². The zero-order valence-electron chi connectivity index (χ0n) is 11.3. The van der Waals surface area contributed by atoms with E-state index in [1.165, 1.54) is 12.3 Å². The van der Waals surface area contributed by atoms with Crippen LogP contribution >= 0.6 is 15.9 Å². The fourth-order valence-electron chi connectivity index (χ4n) is 1.80. The highest BCUT2D eigenvalue weighted by atomic mass is 79.9. The molecule has 1 heterocycles. The molecular weight excluding hydrogens is 349 g/mol. The van der Waals surface area contributed by atoms with E-state index in [9.17, 15) is 4.39 Å². The van der Waals surface area contributed by atoms with E-state index in [1.807, 2.05) is 24.3 Å². The first kappa shape index (κ1) is 14.4. The van der Waals surface area contributed by atoms with Crippen LogP contribution in [-0.2, 0) is 0 Å². The average molecular weight is 360 g/mol. The minimum absolute atomic E-state index is 0.210. The van der Waals surface area contributed by atoms with Crippen molar-refractivity contribution in [3.05, 3.63) is 65.0 Å². The molecule has 0 aliphatic carbocycles. The fourth-order valence-corrected chi connectivity index (χ4v) is 2.18. The molecule has 110 valence electrons. The molecule has 1 aromatic heterocycles. The summed E-state index contributed by atoms with van der Waals surface area (Å²) >= 11 is 3.44. The molecule has 0 saturated heterocycles. The molecular formula is C15H11BrFN5. The van der Waals surface area contributed by atoms with Crippen molar-refractivity contribution in [3.8, 4) is 0 Å². The first-order chi connectivity index (χ1) is 10.7. The van der Waals surface area contributed by atoms with E-state index in [4.69, 9.17) is 0 Å². The molecule has 0 aliphatic heterocycles. The summed E-state index contributed by atoms with van der Waals surface area (Å²) in [6.45, 7) is 0. The van der Waals surface area contributed by atoms with E-state index < -0.39 is 0 Å². The SMILES string of the molecule is Fc1ccccc1Nc1nncc(Nc2ccccc2Br)n1. The first-order valence-electron chi connectivity index (χ1n) is 6.45. The predicted molar refractivity (Wildman–Crippen MR) is 86.9 cm³/mol. The molecule has 0 atom stereocenters. The molecule has 0 saturated carbocycles. The van der Waals surface area contributed by atoms with Gasteiger partial charge in [-0.1, -0.05) is 24.3 Å². The third-order valence-corrected chi connectivity index (χ3v) is 3.51. The van der Waals surface area contributed by atoms with Gasteiger partial charge in [0.05, 0.1) is 17.6 Å². The number of hydrogen-bond donors (Lipinski definition) is 2. The number of rotatable bonds is 4. The van der Waals surface area contributed by atoms with Gasteiger partial charge < -0.3 is 10.6 Å². The van der Waals surface area contributed by atoms with E-state index in [1.54, 1.807) is 18.2 Å². The molecule has 2 N–H and O–H groups in total. The van der Waals surface area contributed by atoms with E-state index in [2.05, 4.69) is 41.7 Å². The Morgan fingerprint density at radius 1 is 0.909 bits per heavy atom. The Kier molecular flexibility index (Phi) is 4.24. The van der Waals surface area contributed by atoms with Crippen LogP contribution in [0.5, 0.6) is 0 Å². The lowest BCUT2D eigenvalue weighted by Gasteiger charge is -2.09. The van der Waals surface area contributed by atoms with Gasteiger partial charge in [0.1, 0.15) is 5.82 Å². The zero-order chi connectivity index (χ0) is 15.4. The highest BCUT2D eigenvalue weighted by molar-refractivity contribution is 9.10. The van der Waals surface area contributed by atoms with Gasteiger partial charge in [0, 0.05) is 4.47 Å². The van der Waals surface area contributed by atoms with Crippen molar-refractivity contribution in [2.75, 3.05) is 10.6 Å². The third-order valence-electron chi connectivity index (χ3n) is 2.82. The van der Waals surface area contributed by atoms with Gasteiger partial charge in [0.15, 0.2) is 5.82 Å². The largest absolute Gasteiger partial charge is 0.338 e. The molecule has 3 rings (SSSR count). The third kappa shape index (κ3) is 3.37. The Balaban J connectivity index is 1.81. The lowest BCUT2D eigenvalue weighted by molar-refractivity contribution is 0.631. The van der Waals surface area contributed by atoms with Crippen LogP contribution in [0.25, 0.3) is 0 Å². The topological polar surface area (TPSA) is 62.7 Å². The summed E-state index contributed by atoms with van der Waals surface area (Å²) in [7, 11) is 0. The lowest BCUT2D eigenvalue weighted by Crippen LogP contribution is -2.03. The summed E-state index contributed by atoms with van der Waals surface area (Å²) in [5.41, 5.74) is 1.14. The Labute approximate surface area is 134 Å². The van der Waals surface area contributed by atoms with Crippen molar-refractivity contribution in [3.63, 3.8) is 0 Å². The number of halogens is 2. The zero-order valence-corrected chi connectivity index (χ0v) is 12.9. The molecule has 0 radical (unpaired) electrons. The van der Waals surface area contributed by atoms with Crippen molar-refractivity contribution in [2.24, 2.45) is 0 Å². The maximum atomic E-state index is 13.6.